The zero-order valence-corrected chi connectivity index (χ0v) is 6.54. The molecule has 0 radical (unpaired) electrons. The standard InChI is InChI=1S/C6H13N5/c1-9-4-5-6(7)10-2-3-11(5)8/h2,9H,3-4,7-8H2,1H3. The molecular formula is C6H13N5. The summed E-state index contributed by atoms with van der Waals surface area (Å²) in [5, 5.41) is 4.55. The molecule has 0 saturated heterocycles. The van der Waals surface area contributed by atoms with Crippen molar-refractivity contribution in [3.8, 4) is 0 Å². The van der Waals surface area contributed by atoms with Gasteiger partial charge in [0.15, 0.2) is 0 Å². The normalized spacial score (nSPS) is 17.8. The van der Waals surface area contributed by atoms with Crippen LogP contribution in [0.1, 0.15) is 0 Å². The van der Waals surface area contributed by atoms with Crippen molar-refractivity contribution in [3.05, 3.63) is 11.5 Å². The summed E-state index contributed by atoms with van der Waals surface area (Å²) in [4.78, 5) is 3.95. The van der Waals surface area contributed by atoms with Crippen molar-refractivity contribution in [3.63, 3.8) is 0 Å². The van der Waals surface area contributed by atoms with Gasteiger partial charge in [-0.05, 0) is 7.05 Å². The van der Waals surface area contributed by atoms with Gasteiger partial charge in [0.1, 0.15) is 5.82 Å². The molecule has 0 spiro atoms. The molecule has 0 aromatic carbocycles. The van der Waals surface area contributed by atoms with Crippen LogP contribution in [0.5, 0.6) is 0 Å². The third-order valence-corrected chi connectivity index (χ3v) is 1.50. The minimum absolute atomic E-state index is 0.494. The summed E-state index contributed by atoms with van der Waals surface area (Å²) in [5.74, 6) is 6.11. The summed E-state index contributed by atoms with van der Waals surface area (Å²) >= 11 is 0. The molecule has 1 aliphatic heterocycles. The van der Waals surface area contributed by atoms with Crippen molar-refractivity contribution in [2.75, 3.05) is 20.1 Å². The Labute approximate surface area is 65.7 Å². The molecular weight excluding hydrogens is 142 g/mol. The first-order valence-electron chi connectivity index (χ1n) is 3.43. The van der Waals surface area contributed by atoms with E-state index in [0.29, 0.717) is 18.9 Å². The highest BCUT2D eigenvalue weighted by atomic mass is 15.4. The Hall–Kier alpha value is -1.07. The predicted molar refractivity (Wildman–Crippen MR) is 44.5 cm³/mol. The van der Waals surface area contributed by atoms with E-state index < -0.39 is 0 Å². The first-order chi connectivity index (χ1) is 5.25. The predicted octanol–water partition coefficient (Wildman–Crippen LogP) is -1.41. The van der Waals surface area contributed by atoms with Crippen molar-refractivity contribution in [2.24, 2.45) is 16.6 Å². The third-order valence-electron chi connectivity index (χ3n) is 1.50. The smallest absolute Gasteiger partial charge is 0.145 e. The molecule has 0 amide bonds. The fourth-order valence-corrected chi connectivity index (χ4v) is 0.919. The number of nitrogens with zero attached hydrogens (tertiary/aromatic N) is 2. The summed E-state index contributed by atoms with van der Waals surface area (Å²) in [5.41, 5.74) is 6.42. The van der Waals surface area contributed by atoms with Gasteiger partial charge in [0.25, 0.3) is 0 Å². The fourth-order valence-electron chi connectivity index (χ4n) is 0.919. The van der Waals surface area contributed by atoms with Gasteiger partial charge in [-0.15, -0.1) is 0 Å². The van der Waals surface area contributed by atoms with Crippen molar-refractivity contribution in [2.45, 2.75) is 0 Å². The maximum Gasteiger partial charge on any atom is 0.145 e. The van der Waals surface area contributed by atoms with Crippen LogP contribution in [0.4, 0.5) is 0 Å². The van der Waals surface area contributed by atoms with Crippen LogP contribution >= 0.6 is 0 Å². The molecule has 0 unspecified atom stereocenters. The minimum Gasteiger partial charge on any atom is -0.382 e. The van der Waals surface area contributed by atoms with Crippen LogP contribution in [0.15, 0.2) is 16.5 Å². The second kappa shape index (κ2) is 3.36. The quantitative estimate of drug-likeness (QED) is 0.428. The van der Waals surface area contributed by atoms with Gasteiger partial charge < -0.3 is 16.1 Å². The molecule has 0 fully saturated rings. The second-order valence-electron chi connectivity index (χ2n) is 2.33. The average molecular weight is 155 g/mol. The molecule has 0 bridgehead atoms. The lowest BCUT2D eigenvalue weighted by Crippen LogP contribution is -2.39. The molecule has 62 valence electrons. The molecule has 0 aromatic heterocycles. The van der Waals surface area contributed by atoms with E-state index in [4.69, 9.17) is 11.6 Å². The number of hydrogen-bond donors (Lipinski definition) is 3. The van der Waals surface area contributed by atoms with Crippen LogP contribution in [-0.2, 0) is 0 Å². The molecule has 5 N–H and O–H groups in total. The lowest BCUT2D eigenvalue weighted by molar-refractivity contribution is 0.387. The number of aliphatic imine (C=N–C) groups is 1. The second-order valence-corrected chi connectivity index (χ2v) is 2.33. The van der Waals surface area contributed by atoms with Crippen LogP contribution in [0.25, 0.3) is 0 Å². The lowest BCUT2D eigenvalue weighted by atomic mass is 10.3. The van der Waals surface area contributed by atoms with Crippen molar-refractivity contribution in [1.82, 2.24) is 10.3 Å². The molecule has 11 heavy (non-hydrogen) atoms. The Morgan fingerprint density at radius 2 is 2.55 bits per heavy atom. The molecule has 1 aliphatic rings. The first-order valence-corrected chi connectivity index (χ1v) is 3.43. The monoisotopic (exact) mass is 155 g/mol. The molecule has 0 aliphatic carbocycles. The molecule has 0 saturated carbocycles. The van der Waals surface area contributed by atoms with E-state index in [9.17, 15) is 0 Å². The highest BCUT2D eigenvalue weighted by molar-refractivity contribution is 5.63. The number of hydrazine groups is 1. The third kappa shape index (κ3) is 1.69. The fraction of sp³-hybridized carbons (Fsp3) is 0.500. The Kier molecular flexibility index (Phi) is 2.45. The summed E-state index contributed by atoms with van der Waals surface area (Å²) in [6.45, 7) is 1.28. The van der Waals surface area contributed by atoms with Crippen molar-refractivity contribution < 1.29 is 0 Å². The molecule has 0 aromatic rings. The SMILES string of the molecule is CNCC1=C(N)N=CCN1N. The Bertz CT molecular complexity index is 195. The lowest BCUT2D eigenvalue weighted by Gasteiger charge is -2.23. The van der Waals surface area contributed by atoms with Crippen LogP contribution < -0.4 is 16.9 Å². The maximum atomic E-state index is 5.62. The molecule has 1 heterocycles. The van der Waals surface area contributed by atoms with Gasteiger partial charge in [-0.25, -0.2) is 10.8 Å². The van der Waals surface area contributed by atoms with E-state index in [1.807, 2.05) is 7.05 Å². The highest BCUT2D eigenvalue weighted by Crippen LogP contribution is 2.05. The van der Waals surface area contributed by atoms with E-state index in [1.165, 1.54) is 0 Å². The van der Waals surface area contributed by atoms with Crippen molar-refractivity contribution >= 4 is 6.21 Å². The average Bonchev–Trinajstić information content (AvgIpc) is 1.97. The molecule has 5 heteroatoms. The number of nitrogens with one attached hydrogen (secondary N) is 1. The van der Waals surface area contributed by atoms with Gasteiger partial charge in [-0.2, -0.15) is 0 Å². The summed E-state index contributed by atoms with van der Waals surface area (Å²) in [6.07, 6.45) is 1.69. The van der Waals surface area contributed by atoms with Gasteiger partial charge in [0.05, 0.1) is 12.2 Å². The van der Waals surface area contributed by atoms with Crippen LogP contribution in [-0.4, -0.2) is 31.4 Å². The zero-order chi connectivity index (χ0) is 8.27. The Morgan fingerprint density at radius 1 is 1.82 bits per heavy atom. The number of likely N-dealkylation sites (N-methyl/N-ethyl adjacent to an activating group) is 1. The van der Waals surface area contributed by atoms with Crippen LogP contribution in [0.3, 0.4) is 0 Å². The first kappa shape index (κ1) is 8.03. The summed E-state index contributed by atoms with van der Waals surface area (Å²) < 4.78 is 0. The topological polar surface area (TPSA) is 79.7 Å². The van der Waals surface area contributed by atoms with Gasteiger partial charge >= 0.3 is 0 Å². The van der Waals surface area contributed by atoms with E-state index in [-0.39, 0.29) is 0 Å². The molecule has 0 atom stereocenters. The number of nitrogens with two attached hydrogens (primary N) is 2. The maximum absolute atomic E-state index is 5.62. The zero-order valence-electron chi connectivity index (χ0n) is 6.54. The summed E-state index contributed by atoms with van der Waals surface area (Å²) in [6, 6.07) is 0. The number of hydrogen-bond acceptors (Lipinski definition) is 5. The number of rotatable bonds is 2. The van der Waals surface area contributed by atoms with Gasteiger partial charge in [0, 0.05) is 12.8 Å². The van der Waals surface area contributed by atoms with E-state index in [2.05, 4.69) is 10.3 Å². The van der Waals surface area contributed by atoms with Crippen LogP contribution in [0.2, 0.25) is 0 Å². The van der Waals surface area contributed by atoms with Crippen molar-refractivity contribution in [1.29, 1.82) is 0 Å². The van der Waals surface area contributed by atoms with Gasteiger partial charge in [-0.3, -0.25) is 0 Å². The summed E-state index contributed by atoms with van der Waals surface area (Å²) in [7, 11) is 1.84. The Morgan fingerprint density at radius 3 is 3.09 bits per heavy atom. The van der Waals surface area contributed by atoms with E-state index in [0.717, 1.165) is 5.70 Å². The largest absolute Gasteiger partial charge is 0.382 e. The minimum atomic E-state index is 0.494. The van der Waals surface area contributed by atoms with Crippen LogP contribution in [0, 0.1) is 0 Å². The molecule has 5 nitrogen and oxygen atoms in total. The Balaban J connectivity index is 2.74. The van der Waals surface area contributed by atoms with E-state index in [1.54, 1.807) is 11.2 Å². The van der Waals surface area contributed by atoms with E-state index >= 15 is 0 Å². The van der Waals surface area contributed by atoms with Gasteiger partial charge in [0.2, 0.25) is 0 Å². The molecule has 1 rings (SSSR count). The highest BCUT2D eigenvalue weighted by Gasteiger charge is 2.10. The van der Waals surface area contributed by atoms with Gasteiger partial charge in [-0.1, -0.05) is 0 Å².